The molecule has 1 heterocycles. The first-order chi connectivity index (χ1) is 10.8. The average molecular weight is 320 g/mol. The van der Waals surface area contributed by atoms with E-state index >= 15 is 0 Å². The standard InChI is InChI=1S/C17H15F3N2O/c1-10-9-21-15-7-11(5-6-14(10)15)16(23)22-13-4-2-3-12(8-13)17(18,19)20/h2-8,10,21H,9H2,1H3,(H,22,23). The molecule has 0 saturated carbocycles. The Labute approximate surface area is 131 Å². The molecule has 0 spiro atoms. The molecule has 6 heteroatoms. The maximum absolute atomic E-state index is 12.7. The number of halogens is 3. The first kappa shape index (κ1) is 15.4. The lowest BCUT2D eigenvalue weighted by Crippen LogP contribution is -2.13. The molecule has 23 heavy (non-hydrogen) atoms. The molecule has 2 aromatic carbocycles. The maximum Gasteiger partial charge on any atom is 0.416 e. The number of rotatable bonds is 2. The second-order valence-electron chi connectivity index (χ2n) is 5.62. The van der Waals surface area contributed by atoms with E-state index in [1.807, 2.05) is 6.07 Å². The lowest BCUT2D eigenvalue weighted by molar-refractivity contribution is -0.137. The number of anilines is 2. The van der Waals surface area contributed by atoms with Crippen molar-refractivity contribution >= 4 is 17.3 Å². The molecule has 120 valence electrons. The highest BCUT2D eigenvalue weighted by Crippen LogP contribution is 2.32. The highest BCUT2D eigenvalue weighted by atomic mass is 19.4. The van der Waals surface area contributed by atoms with Crippen LogP contribution >= 0.6 is 0 Å². The fourth-order valence-electron chi connectivity index (χ4n) is 2.63. The van der Waals surface area contributed by atoms with Crippen LogP contribution in [0.2, 0.25) is 0 Å². The molecule has 3 rings (SSSR count). The third kappa shape index (κ3) is 3.16. The van der Waals surface area contributed by atoms with Gasteiger partial charge >= 0.3 is 6.18 Å². The van der Waals surface area contributed by atoms with Gasteiger partial charge in [0.05, 0.1) is 5.56 Å². The van der Waals surface area contributed by atoms with E-state index in [9.17, 15) is 18.0 Å². The Morgan fingerprint density at radius 1 is 1.22 bits per heavy atom. The molecule has 0 saturated heterocycles. The third-order valence-corrected chi connectivity index (χ3v) is 3.89. The molecule has 2 aromatic rings. The zero-order valence-corrected chi connectivity index (χ0v) is 12.4. The normalized spacial score (nSPS) is 16.6. The number of carbonyl (C=O) groups excluding carboxylic acids is 1. The van der Waals surface area contributed by atoms with Gasteiger partial charge in [0.1, 0.15) is 0 Å². The van der Waals surface area contributed by atoms with Crippen molar-refractivity contribution < 1.29 is 18.0 Å². The lowest BCUT2D eigenvalue weighted by atomic mass is 10.0. The summed E-state index contributed by atoms with van der Waals surface area (Å²) in [5, 5.41) is 5.72. The highest BCUT2D eigenvalue weighted by molar-refractivity contribution is 6.05. The number of hydrogen-bond acceptors (Lipinski definition) is 2. The summed E-state index contributed by atoms with van der Waals surface area (Å²) < 4.78 is 38.1. The fraction of sp³-hybridized carbons (Fsp3) is 0.235. The molecule has 0 radical (unpaired) electrons. The molecule has 2 N–H and O–H groups in total. The topological polar surface area (TPSA) is 41.1 Å². The predicted molar refractivity (Wildman–Crippen MR) is 82.7 cm³/mol. The Hall–Kier alpha value is -2.50. The van der Waals surface area contributed by atoms with Crippen molar-refractivity contribution in [1.29, 1.82) is 0 Å². The number of benzene rings is 2. The number of carbonyl (C=O) groups is 1. The molecule has 3 nitrogen and oxygen atoms in total. The van der Waals surface area contributed by atoms with E-state index in [-0.39, 0.29) is 5.69 Å². The minimum Gasteiger partial charge on any atom is -0.384 e. The van der Waals surface area contributed by atoms with Crippen LogP contribution in [0.4, 0.5) is 24.5 Å². The number of nitrogens with one attached hydrogen (secondary N) is 2. The minimum absolute atomic E-state index is 0.117. The summed E-state index contributed by atoms with van der Waals surface area (Å²) in [6, 6.07) is 9.88. The summed E-state index contributed by atoms with van der Waals surface area (Å²) in [5.74, 6) is -0.0564. The first-order valence-corrected chi connectivity index (χ1v) is 7.21. The molecule has 1 amide bonds. The van der Waals surface area contributed by atoms with Gasteiger partial charge in [0.15, 0.2) is 0 Å². The second kappa shape index (κ2) is 5.61. The van der Waals surface area contributed by atoms with Crippen LogP contribution in [-0.4, -0.2) is 12.5 Å². The summed E-state index contributed by atoms with van der Waals surface area (Å²) >= 11 is 0. The summed E-state index contributed by atoms with van der Waals surface area (Å²) in [7, 11) is 0. The summed E-state index contributed by atoms with van der Waals surface area (Å²) in [5.41, 5.74) is 1.77. The predicted octanol–water partition coefficient (Wildman–Crippen LogP) is 4.49. The molecule has 0 aromatic heterocycles. The molecule has 0 fully saturated rings. The Morgan fingerprint density at radius 3 is 2.74 bits per heavy atom. The molecule has 1 aliphatic rings. The Bertz CT molecular complexity index is 756. The van der Waals surface area contributed by atoms with Crippen LogP contribution in [0.25, 0.3) is 0 Å². The van der Waals surface area contributed by atoms with Gasteiger partial charge in [-0.1, -0.05) is 19.1 Å². The van der Waals surface area contributed by atoms with Crippen LogP contribution in [0.5, 0.6) is 0 Å². The fourth-order valence-corrected chi connectivity index (χ4v) is 2.63. The SMILES string of the molecule is CC1CNc2cc(C(=O)Nc3cccc(C(F)(F)F)c3)ccc21. The van der Waals surface area contributed by atoms with Crippen molar-refractivity contribution in [2.75, 3.05) is 17.2 Å². The van der Waals surface area contributed by atoms with E-state index in [4.69, 9.17) is 0 Å². The zero-order chi connectivity index (χ0) is 16.6. The van der Waals surface area contributed by atoms with Gasteiger partial charge in [-0.15, -0.1) is 0 Å². The average Bonchev–Trinajstić information content (AvgIpc) is 2.87. The number of alkyl halides is 3. The van der Waals surface area contributed by atoms with Crippen molar-refractivity contribution in [1.82, 2.24) is 0 Å². The van der Waals surface area contributed by atoms with Crippen LogP contribution in [0, 0.1) is 0 Å². The van der Waals surface area contributed by atoms with Crippen molar-refractivity contribution in [3.8, 4) is 0 Å². The van der Waals surface area contributed by atoms with Gasteiger partial charge in [-0.2, -0.15) is 13.2 Å². The van der Waals surface area contributed by atoms with E-state index in [0.717, 1.165) is 29.9 Å². The molecule has 0 aliphatic carbocycles. The van der Waals surface area contributed by atoms with Crippen molar-refractivity contribution in [3.05, 3.63) is 59.2 Å². The van der Waals surface area contributed by atoms with Gasteiger partial charge in [0.2, 0.25) is 0 Å². The highest BCUT2D eigenvalue weighted by Gasteiger charge is 2.30. The first-order valence-electron chi connectivity index (χ1n) is 7.21. The number of fused-ring (bicyclic) bond motifs is 1. The summed E-state index contributed by atoms with van der Waals surface area (Å²) in [4.78, 5) is 12.2. The second-order valence-corrected chi connectivity index (χ2v) is 5.62. The molecule has 1 unspecified atom stereocenters. The van der Waals surface area contributed by atoms with Gasteiger partial charge in [0, 0.05) is 29.4 Å². The molecule has 1 aliphatic heterocycles. The molecule has 0 bridgehead atoms. The maximum atomic E-state index is 12.7. The van der Waals surface area contributed by atoms with E-state index in [0.29, 0.717) is 11.5 Å². The van der Waals surface area contributed by atoms with Crippen LogP contribution in [0.15, 0.2) is 42.5 Å². The summed E-state index contributed by atoms with van der Waals surface area (Å²) in [6.45, 7) is 2.90. The lowest BCUT2D eigenvalue weighted by Gasteiger charge is -2.10. The van der Waals surface area contributed by atoms with Crippen LogP contribution in [0.3, 0.4) is 0 Å². The van der Waals surface area contributed by atoms with Crippen LogP contribution in [-0.2, 0) is 6.18 Å². The van der Waals surface area contributed by atoms with E-state index in [1.54, 1.807) is 12.1 Å². The van der Waals surface area contributed by atoms with Crippen LogP contribution in [0.1, 0.15) is 34.3 Å². The van der Waals surface area contributed by atoms with Gasteiger partial charge < -0.3 is 10.6 Å². The summed E-state index contributed by atoms with van der Waals surface area (Å²) in [6.07, 6.45) is -4.44. The van der Waals surface area contributed by atoms with Crippen molar-refractivity contribution in [3.63, 3.8) is 0 Å². The van der Waals surface area contributed by atoms with Gasteiger partial charge in [-0.05, 0) is 35.9 Å². The minimum atomic E-state index is -4.44. The van der Waals surface area contributed by atoms with Gasteiger partial charge in [0.25, 0.3) is 5.91 Å². The van der Waals surface area contributed by atoms with E-state index in [2.05, 4.69) is 17.6 Å². The Morgan fingerprint density at radius 2 is 2.00 bits per heavy atom. The largest absolute Gasteiger partial charge is 0.416 e. The Balaban J connectivity index is 1.80. The Kier molecular flexibility index (Phi) is 3.75. The van der Waals surface area contributed by atoms with Gasteiger partial charge in [-0.3, -0.25) is 4.79 Å². The molecule has 1 atom stereocenters. The zero-order valence-electron chi connectivity index (χ0n) is 12.4. The molecular formula is C17H15F3N2O. The van der Waals surface area contributed by atoms with Crippen molar-refractivity contribution in [2.24, 2.45) is 0 Å². The third-order valence-electron chi connectivity index (χ3n) is 3.89. The van der Waals surface area contributed by atoms with E-state index in [1.165, 1.54) is 12.1 Å². The number of hydrogen-bond donors (Lipinski definition) is 2. The smallest absolute Gasteiger partial charge is 0.384 e. The number of amides is 1. The molecular weight excluding hydrogens is 305 g/mol. The van der Waals surface area contributed by atoms with E-state index < -0.39 is 17.6 Å². The quantitative estimate of drug-likeness (QED) is 0.856. The van der Waals surface area contributed by atoms with Crippen molar-refractivity contribution in [2.45, 2.75) is 19.0 Å². The monoisotopic (exact) mass is 320 g/mol. The van der Waals surface area contributed by atoms with Gasteiger partial charge in [-0.25, -0.2) is 0 Å². The van der Waals surface area contributed by atoms with Crippen LogP contribution < -0.4 is 10.6 Å².